The molecule has 0 fully saturated rings. The van der Waals surface area contributed by atoms with Crippen LogP contribution in [0.1, 0.15) is 20.3 Å². The van der Waals surface area contributed by atoms with Gasteiger partial charge in [-0.3, -0.25) is 0 Å². The van der Waals surface area contributed by atoms with Crippen LogP contribution in [0.15, 0.2) is 17.3 Å². The number of ether oxygens (including phenoxy) is 1. The second-order valence-corrected chi connectivity index (χ2v) is 7.02. The second kappa shape index (κ2) is 5.21. The van der Waals surface area contributed by atoms with Crippen LogP contribution in [0.5, 0.6) is 5.75 Å². The van der Waals surface area contributed by atoms with Gasteiger partial charge in [0.15, 0.2) is 28.4 Å². The molecule has 1 aromatic rings. The number of oxime groups is 1. The van der Waals surface area contributed by atoms with Gasteiger partial charge in [0.1, 0.15) is 11.4 Å². The zero-order valence-electron chi connectivity index (χ0n) is 11.2. The van der Waals surface area contributed by atoms with Gasteiger partial charge >= 0.3 is 0 Å². The zero-order valence-corrected chi connectivity index (χ0v) is 12.0. The molecular formula is C12H12F3NO4S. The van der Waals surface area contributed by atoms with Crippen LogP contribution in [0.2, 0.25) is 0 Å². The van der Waals surface area contributed by atoms with Crippen molar-refractivity contribution < 1.29 is 31.2 Å². The molecule has 5 nitrogen and oxygen atoms in total. The third-order valence-corrected chi connectivity index (χ3v) is 4.02. The molecule has 0 unspecified atom stereocenters. The third kappa shape index (κ3) is 3.46. The Balaban J connectivity index is 2.14. The Labute approximate surface area is 119 Å². The Hall–Kier alpha value is -1.77. The van der Waals surface area contributed by atoms with Gasteiger partial charge in [0.2, 0.25) is 9.84 Å². The molecule has 0 aliphatic carbocycles. The highest BCUT2D eigenvalue weighted by Crippen LogP contribution is 2.27. The fraction of sp³-hybridized carbons (Fsp3) is 0.417. The number of benzene rings is 1. The largest absolute Gasteiger partial charge is 0.471 e. The van der Waals surface area contributed by atoms with E-state index in [9.17, 15) is 21.6 Å². The number of hydrogen-bond acceptors (Lipinski definition) is 5. The van der Waals surface area contributed by atoms with Gasteiger partial charge in [0.05, 0.1) is 0 Å². The molecule has 0 atom stereocenters. The number of hydrogen-bond donors (Lipinski definition) is 0. The van der Waals surface area contributed by atoms with Gasteiger partial charge in [-0.2, -0.15) is 0 Å². The highest BCUT2D eigenvalue weighted by molar-refractivity contribution is 8.06. The summed E-state index contributed by atoms with van der Waals surface area (Å²) < 4.78 is 67.9. The summed E-state index contributed by atoms with van der Waals surface area (Å²) in [5.41, 5.74) is -0.769. The van der Waals surface area contributed by atoms with Crippen LogP contribution in [0.4, 0.5) is 13.2 Å². The van der Waals surface area contributed by atoms with E-state index in [4.69, 9.17) is 4.84 Å². The predicted octanol–water partition coefficient (Wildman–Crippen LogP) is 2.37. The van der Waals surface area contributed by atoms with E-state index in [1.165, 1.54) is 0 Å². The van der Waals surface area contributed by atoms with Gasteiger partial charge < -0.3 is 9.57 Å². The van der Waals surface area contributed by atoms with Crippen molar-refractivity contribution in [2.75, 3.05) is 5.94 Å². The normalized spacial score (nSPS) is 17.3. The minimum atomic E-state index is -4.00. The molecular weight excluding hydrogens is 311 g/mol. The highest BCUT2D eigenvalue weighted by Gasteiger charge is 2.36. The minimum Gasteiger partial charge on any atom is -0.471 e. The Kier molecular flexibility index (Phi) is 3.87. The van der Waals surface area contributed by atoms with Crippen molar-refractivity contribution in [2.24, 2.45) is 5.16 Å². The van der Waals surface area contributed by atoms with Crippen LogP contribution < -0.4 is 4.74 Å². The molecule has 0 aromatic heterocycles. The van der Waals surface area contributed by atoms with E-state index in [1.54, 1.807) is 13.8 Å². The summed E-state index contributed by atoms with van der Waals surface area (Å²) in [4.78, 5) is 4.91. The fourth-order valence-electron chi connectivity index (χ4n) is 1.64. The molecule has 9 heteroatoms. The summed E-state index contributed by atoms with van der Waals surface area (Å²) >= 11 is 0. The Morgan fingerprint density at radius 1 is 1.29 bits per heavy atom. The van der Waals surface area contributed by atoms with Crippen molar-refractivity contribution in [1.82, 2.24) is 0 Å². The minimum absolute atomic E-state index is 0.0209. The average molecular weight is 323 g/mol. The molecule has 1 aromatic carbocycles. The topological polar surface area (TPSA) is 65.0 Å². The summed E-state index contributed by atoms with van der Waals surface area (Å²) in [6, 6.07) is 0.786. The molecule has 1 heterocycles. The maximum atomic E-state index is 13.3. The number of sulfone groups is 1. The van der Waals surface area contributed by atoms with Gasteiger partial charge in [-0.1, -0.05) is 5.16 Å². The molecule has 21 heavy (non-hydrogen) atoms. The highest BCUT2D eigenvalue weighted by atomic mass is 32.2. The van der Waals surface area contributed by atoms with E-state index in [1.807, 2.05) is 0 Å². The molecule has 0 bridgehead atoms. The second-order valence-electron chi connectivity index (χ2n) is 5.09. The van der Waals surface area contributed by atoms with Crippen LogP contribution in [0.25, 0.3) is 0 Å². The Morgan fingerprint density at radius 3 is 2.33 bits per heavy atom. The lowest BCUT2D eigenvalue weighted by molar-refractivity contribution is 0.0123. The number of rotatable bonds is 3. The number of nitrogens with zero attached hydrogens (tertiary/aromatic N) is 1. The van der Waals surface area contributed by atoms with Gasteiger partial charge in [0.25, 0.3) is 0 Å². The lowest BCUT2D eigenvalue weighted by Crippen LogP contribution is -2.26. The zero-order chi connectivity index (χ0) is 15.8. The van der Waals surface area contributed by atoms with Crippen molar-refractivity contribution in [1.29, 1.82) is 0 Å². The molecule has 0 saturated carbocycles. The standard InChI is InChI=1S/C12H12F3NO4S/c1-12(2)5-10(16-20-12)21(17,18)6-19-11-8(14)3-7(13)4-9(11)15/h3-4H,5-6H2,1-2H3. The molecule has 1 aliphatic rings. The van der Waals surface area contributed by atoms with Crippen molar-refractivity contribution in [3.63, 3.8) is 0 Å². The Bertz CT molecular complexity index is 677. The van der Waals surface area contributed by atoms with Gasteiger partial charge in [-0.05, 0) is 13.8 Å². The molecule has 0 spiro atoms. The van der Waals surface area contributed by atoms with Crippen LogP contribution in [0.3, 0.4) is 0 Å². The first-order chi connectivity index (χ1) is 9.61. The van der Waals surface area contributed by atoms with Crippen molar-refractivity contribution in [3.8, 4) is 5.75 Å². The monoisotopic (exact) mass is 323 g/mol. The molecule has 2 rings (SSSR count). The fourth-order valence-corrected chi connectivity index (χ4v) is 2.77. The van der Waals surface area contributed by atoms with E-state index in [2.05, 4.69) is 9.89 Å². The van der Waals surface area contributed by atoms with Gasteiger partial charge in [0, 0.05) is 18.6 Å². The molecule has 116 valence electrons. The van der Waals surface area contributed by atoms with Crippen LogP contribution in [0, 0.1) is 17.5 Å². The smallest absolute Gasteiger partial charge is 0.230 e. The SMILES string of the molecule is CC1(C)CC(S(=O)(=O)COc2c(F)cc(F)cc2F)=NO1. The third-order valence-electron chi connectivity index (χ3n) is 2.65. The van der Waals surface area contributed by atoms with E-state index in [0.717, 1.165) is 0 Å². The maximum absolute atomic E-state index is 13.3. The van der Waals surface area contributed by atoms with E-state index >= 15 is 0 Å². The van der Waals surface area contributed by atoms with Crippen LogP contribution >= 0.6 is 0 Å². The first-order valence-corrected chi connectivity index (χ1v) is 7.51. The lowest BCUT2D eigenvalue weighted by Gasteiger charge is -2.13. The van der Waals surface area contributed by atoms with Crippen LogP contribution in [-0.4, -0.2) is 25.0 Å². The van der Waals surface area contributed by atoms with Crippen molar-refractivity contribution in [2.45, 2.75) is 25.9 Å². The van der Waals surface area contributed by atoms with Crippen LogP contribution in [-0.2, 0) is 14.7 Å². The van der Waals surface area contributed by atoms with Gasteiger partial charge in [-0.25, -0.2) is 21.6 Å². The van der Waals surface area contributed by atoms with E-state index in [-0.39, 0.29) is 11.5 Å². The van der Waals surface area contributed by atoms with E-state index in [0.29, 0.717) is 12.1 Å². The van der Waals surface area contributed by atoms with E-state index < -0.39 is 44.6 Å². The maximum Gasteiger partial charge on any atom is 0.230 e. The molecule has 0 amide bonds. The summed E-state index contributed by atoms with van der Waals surface area (Å²) in [5, 5.41) is 3.16. The first kappa shape index (κ1) is 15.6. The molecule has 0 saturated heterocycles. The van der Waals surface area contributed by atoms with Crippen molar-refractivity contribution in [3.05, 3.63) is 29.6 Å². The summed E-state index contributed by atoms with van der Waals surface area (Å²) in [6.45, 7) is 3.28. The molecule has 0 N–H and O–H groups in total. The number of halogens is 3. The first-order valence-electron chi connectivity index (χ1n) is 5.86. The molecule has 1 aliphatic heterocycles. The van der Waals surface area contributed by atoms with Gasteiger partial charge in [-0.15, -0.1) is 0 Å². The quantitative estimate of drug-likeness (QED) is 0.856. The Morgan fingerprint density at radius 2 is 1.86 bits per heavy atom. The average Bonchev–Trinajstić information content (AvgIpc) is 2.69. The predicted molar refractivity (Wildman–Crippen MR) is 67.9 cm³/mol. The summed E-state index contributed by atoms with van der Waals surface area (Å²) in [6.07, 6.45) is 0.0209. The summed E-state index contributed by atoms with van der Waals surface area (Å²) in [5.74, 6) is -5.76. The molecule has 0 radical (unpaired) electrons. The lowest BCUT2D eigenvalue weighted by atomic mass is 10.1. The summed E-state index contributed by atoms with van der Waals surface area (Å²) in [7, 11) is -4.00. The van der Waals surface area contributed by atoms with Crippen molar-refractivity contribution >= 4 is 14.9 Å².